The van der Waals surface area contributed by atoms with Crippen molar-refractivity contribution in [1.29, 1.82) is 0 Å². The molecule has 1 rings (SSSR count). The molecule has 1 aromatic carbocycles. The highest BCUT2D eigenvalue weighted by Crippen LogP contribution is 2.30. The molecule has 0 radical (unpaired) electrons. The molecule has 0 aliphatic rings. The molecule has 0 aliphatic carbocycles. The smallest absolute Gasteiger partial charge is 0.0965 e. The van der Waals surface area contributed by atoms with Crippen LogP contribution in [-0.2, 0) is 0 Å². The van der Waals surface area contributed by atoms with E-state index in [1.807, 2.05) is 38.1 Å². The lowest BCUT2D eigenvalue weighted by Gasteiger charge is -2.18. The highest BCUT2D eigenvalue weighted by molar-refractivity contribution is 9.10. The molecule has 0 N–H and O–H groups in total. The fraction of sp³-hybridized carbons (Fsp3) is 0.455. The third kappa shape index (κ3) is 2.53. The van der Waals surface area contributed by atoms with Crippen LogP contribution in [0.15, 0.2) is 28.7 Å². The molecule has 0 saturated heterocycles. The van der Waals surface area contributed by atoms with Crippen LogP contribution in [0, 0.1) is 5.92 Å². The second-order valence-corrected chi connectivity index (χ2v) is 4.38. The van der Waals surface area contributed by atoms with Crippen molar-refractivity contribution in [3.63, 3.8) is 0 Å². The monoisotopic (exact) mass is 244 g/mol. The number of halogens is 2. The molecule has 1 aromatic rings. The van der Waals surface area contributed by atoms with Crippen LogP contribution in [0.5, 0.6) is 0 Å². The third-order valence-electron chi connectivity index (χ3n) is 2.28. The first-order valence-electron chi connectivity index (χ1n) is 4.47. The third-order valence-corrected chi connectivity index (χ3v) is 3.00. The summed E-state index contributed by atoms with van der Waals surface area (Å²) in [6.07, 6.45) is 0. The molecule has 72 valence electrons. The molecule has 0 aliphatic heterocycles. The molecule has 0 aromatic heterocycles. The van der Waals surface area contributed by atoms with Crippen LogP contribution in [0.4, 0.5) is 4.39 Å². The van der Waals surface area contributed by atoms with E-state index in [2.05, 4.69) is 15.9 Å². The van der Waals surface area contributed by atoms with Gasteiger partial charge in [-0.3, -0.25) is 4.39 Å². The van der Waals surface area contributed by atoms with Crippen LogP contribution < -0.4 is 0 Å². The van der Waals surface area contributed by atoms with E-state index in [0.717, 1.165) is 10.0 Å². The Hall–Kier alpha value is -0.370. The van der Waals surface area contributed by atoms with Crippen LogP contribution in [0.25, 0.3) is 0 Å². The van der Waals surface area contributed by atoms with Gasteiger partial charge in [-0.25, -0.2) is 0 Å². The summed E-state index contributed by atoms with van der Waals surface area (Å²) in [6, 6.07) is 7.84. The van der Waals surface area contributed by atoms with Gasteiger partial charge in [0.15, 0.2) is 0 Å². The normalized spacial score (nSPS) is 13.3. The van der Waals surface area contributed by atoms with E-state index < -0.39 is 0 Å². The minimum Gasteiger partial charge on any atom is -0.250 e. The van der Waals surface area contributed by atoms with Gasteiger partial charge in [-0.2, -0.15) is 0 Å². The van der Waals surface area contributed by atoms with E-state index in [9.17, 15) is 4.39 Å². The van der Waals surface area contributed by atoms with Crippen molar-refractivity contribution in [2.75, 3.05) is 6.67 Å². The Morgan fingerprint density at radius 2 is 1.92 bits per heavy atom. The molecule has 0 nitrogen and oxygen atoms in total. The van der Waals surface area contributed by atoms with Crippen LogP contribution in [0.3, 0.4) is 0 Å². The Bertz CT molecular complexity index is 271. The Morgan fingerprint density at radius 1 is 1.31 bits per heavy atom. The number of rotatable bonds is 3. The fourth-order valence-electron chi connectivity index (χ4n) is 1.40. The van der Waals surface area contributed by atoms with E-state index in [1.165, 1.54) is 0 Å². The predicted octanol–water partition coefficient (Wildman–Crippen LogP) is 4.16. The summed E-state index contributed by atoms with van der Waals surface area (Å²) in [6.45, 7) is 3.80. The van der Waals surface area contributed by atoms with E-state index in [4.69, 9.17) is 0 Å². The van der Waals surface area contributed by atoms with Crippen molar-refractivity contribution in [3.05, 3.63) is 34.3 Å². The SMILES string of the molecule is CC(C)C(CF)c1ccccc1Br. The molecule has 2 heteroatoms. The topological polar surface area (TPSA) is 0 Å². The van der Waals surface area contributed by atoms with E-state index >= 15 is 0 Å². The van der Waals surface area contributed by atoms with Crippen LogP contribution >= 0.6 is 15.9 Å². The maximum atomic E-state index is 12.8. The summed E-state index contributed by atoms with van der Waals surface area (Å²) in [7, 11) is 0. The Kier molecular flexibility index (Phi) is 3.91. The number of hydrogen-bond acceptors (Lipinski definition) is 0. The average Bonchev–Trinajstić information content (AvgIpc) is 2.09. The van der Waals surface area contributed by atoms with Crippen molar-refractivity contribution in [2.24, 2.45) is 5.92 Å². The standard InChI is InChI=1S/C11H14BrF/c1-8(2)10(7-13)9-5-3-4-6-11(9)12/h3-6,8,10H,7H2,1-2H3. The average molecular weight is 245 g/mol. The van der Waals surface area contributed by atoms with Crippen molar-refractivity contribution < 1.29 is 4.39 Å². The van der Waals surface area contributed by atoms with E-state index in [1.54, 1.807) is 0 Å². The minimum atomic E-state index is -0.291. The van der Waals surface area contributed by atoms with Gasteiger partial charge in [0.2, 0.25) is 0 Å². The largest absolute Gasteiger partial charge is 0.250 e. The minimum absolute atomic E-state index is 0.00979. The van der Waals surface area contributed by atoms with Crippen LogP contribution in [0.1, 0.15) is 25.3 Å². The first-order valence-corrected chi connectivity index (χ1v) is 5.26. The zero-order valence-electron chi connectivity index (χ0n) is 7.93. The Balaban J connectivity index is 2.97. The van der Waals surface area contributed by atoms with Gasteiger partial charge in [-0.05, 0) is 17.5 Å². The Labute approximate surface area is 87.3 Å². The number of benzene rings is 1. The summed E-state index contributed by atoms with van der Waals surface area (Å²) >= 11 is 3.44. The highest BCUT2D eigenvalue weighted by Gasteiger charge is 2.17. The molecule has 1 unspecified atom stereocenters. The van der Waals surface area contributed by atoms with Crippen molar-refractivity contribution in [1.82, 2.24) is 0 Å². The zero-order chi connectivity index (χ0) is 9.84. The molecule has 1 atom stereocenters. The lowest BCUT2D eigenvalue weighted by Crippen LogP contribution is -2.09. The van der Waals surface area contributed by atoms with Gasteiger partial charge >= 0.3 is 0 Å². The van der Waals surface area contributed by atoms with Gasteiger partial charge in [0.1, 0.15) is 0 Å². The van der Waals surface area contributed by atoms with E-state index in [0.29, 0.717) is 5.92 Å². The van der Waals surface area contributed by atoms with Gasteiger partial charge in [0, 0.05) is 10.4 Å². The number of hydrogen-bond donors (Lipinski definition) is 0. The van der Waals surface area contributed by atoms with Crippen molar-refractivity contribution >= 4 is 15.9 Å². The van der Waals surface area contributed by atoms with Crippen LogP contribution in [0.2, 0.25) is 0 Å². The molecule has 0 heterocycles. The molecule has 0 fully saturated rings. The molecule has 0 amide bonds. The van der Waals surface area contributed by atoms with Gasteiger partial charge in [0.05, 0.1) is 6.67 Å². The lowest BCUT2D eigenvalue weighted by molar-refractivity contribution is 0.365. The highest BCUT2D eigenvalue weighted by atomic mass is 79.9. The van der Waals surface area contributed by atoms with E-state index in [-0.39, 0.29) is 12.6 Å². The summed E-state index contributed by atoms with van der Waals surface area (Å²) in [4.78, 5) is 0. The second-order valence-electron chi connectivity index (χ2n) is 3.53. The molecular weight excluding hydrogens is 231 g/mol. The first kappa shape index (κ1) is 10.7. The summed E-state index contributed by atoms with van der Waals surface area (Å²) in [5.74, 6) is 0.347. The summed E-state index contributed by atoms with van der Waals surface area (Å²) in [5.41, 5.74) is 1.07. The van der Waals surface area contributed by atoms with Gasteiger partial charge < -0.3 is 0 Å². The number of alkyl halides is 1. The lowest BCUT2D eigenvalue weighted by atomic mass is 9.90. The molecular formula is C11H14BrF. The maximum absolute atomic E-state index is 12.8. The zero-order valence-corrected chi connectivity index (χ0v) is 9.51. The fourth-order valence-corrected chi connectivity index (χ4v) is 1.98. The van der Waals surface area contributed by atoms with Gasteiger partial charge in [-0.1, -0.05) is 48.0 Å². The van der Waals surface area contributed by atoms with Gasteiger partial charge in [-0.15, -0.1) is 0 Å². The van der Waals surface area contributed by atoms with Crippen molar-refractivity contribution in [2.45, 2.75) is 19.8 Å². The van der Waals surface area contributed by atoms with Crippen LogP contribution in [-0.4, -0.2) is 6.67 Å². The van der Waals surface area contributed by atoms with Crippen molar-refractivity contribution in [3.8, 4) is 0 Å². The first-order chi connectivity index (χ1) is 6.16. The van der Waals surface area contributed by atoms with Gasteiger partial charge in [0.25, 0.3) is 0 Å². The summed E-state index contributed by atoms with van der Waals surface area (Å²) in [5, 5.41) is 0. The second kappa shape index (κ2) is 4.75. The molecule has 13 heavy (non-hydrogen) atoms. The molecule has 0 bridgehead atoms. The Morgan fingerprint density at radius 3 is 2.38 bits per heavy atom. The quantitative estimate of drug-likeness (QED) is 0.750. The summed E-state index contributed by atoms with van der Waals surface area (Å²) < 4.78 is 13.8. The maximum Gasteiger partial charge on any atom is 0.0965 e. The molecule has 0 saturated carbocycles. The predicted molar refractivity (Wildman–Crippen MR) is 57.7 cm³/mol. The molecule has 0 spiro atoms.